The number of carboxylic acid groups (broad SMARTS) is 1. The molecule has 30 heavy (non-hydrogen) atoms. The van der Waals surface area contributed by atoms with E-state index in [1.807, 2.05) is 79.7 Å². The molecule has 156 valence electrons. The number of carbonyl (C=O) groups is 1. The molecule has 0 heterocycles. The first kappa shape index (κ1) is 21.4. The minimum absolute atomic E-state index is 0.421. The topological polar surface area (TPSA) is 55.8 Å². The predicted octanol–water partition coefficient (Wildman–Crippen LogP) is 5.77. The van der Waals surface area contributed by atoms with E-state index < -0.39 is 11.9 Å². The first-order valence-electron chi connectivity index (χ1n) is 10.3. The number of carboxylic acids is 1. The normalized spacial score (nSPS) is 11.7. The molecule has 0 saturated carbocycles. The van der Waals surface area contributed by atoms with E-state index in [1.54, 1.807) is 6.92 Å². The molecule has 3 rings (SSSR count). The molecule has 0 radical (unpaired) electrons. The monoisotopic (exact) mass is 404 g/mol. The van der Waals surface area contributed by atoms with E-state index in [2.05, 4.69) is 0 Å². The van der Waals surface area contributed by atoms with Crippen molar-refractivity contribution in [2.75, 3.05) is 13.2 Å². The number of hydrogen-bond acceptors (Lipinski definition) is 3. The molecule has 0 aliphatic heterocycles. The zero-order chi connectivity index (χ0) is 21.3. The third kappa shape index (κ3) is 6.11. The minimum atomic E-state index is -0.778. The summed E-state index contributed by atoms with van der Waals surface area (Å²) in [5.74, 6) is 0.497. The van der Waals surface area contributed by atoms with Crippen molar-refractivity contribution in [3.05, 3.63) is 83.9 Å². The molecule has 0 saturated heterocycles. The van der Waals surface area contributed by atoms with Crippen LogP contribution in [0.25, 0.3) is 11.1 Å². The molecule has 0 fully saturated rings. The fourth-order valence-electron chi connectivity index (χ4n) is 3.27. The van der Waals surface area contributed by atoms with Crippen LogP contribution in [0.15, 0.2) is 72.8 Å². The molecule has 1 unspecified atom stereocenters. The summed E-state index contributed by atoms with van der Waals surface area (Å²) in [6, 6.07) is 23.9. The van der Waals surface area contributed by atoms with E-state index in [9.17, 15) is 9.90 Å². The summed E-state index contributed by atoms with van der Waals surface area (Å²) < 4.78 is 11.6. The quantitative estimate of drug-likeness (QED) is 0.436. The standard InChI is InChI=1S/C26H28O4/c1-19-7-5-9-24(17-19)30-16-6-15-29-23-13-11-21(12-14-23)25-10-4-3-8-22(25)18-20(2)26(27)28/h3-5,7-14,17,20H,6,15-16,18H2,1-2H3,(H,27,28). The number of benzene rings is 3. The van der Waals surface area contributed by atoms with Crippen molar-refractivity contribution in [3.8, 4) is 22.6 Å². The molecule has 1 atom stereocenters. The van der Waals surface area contributed by atoms with Crippen molar-refractivity contribution < 1.29 is 19.4 Å². The summed E-state index contributed by atoms with van der Waals surface area (Å²) >= 11 is 0. The third-order valence-electron chi connectivity index (χ3n) is 4.95. The first-order chi connectivity index (χ1) is 14.5. The lowest BCUT2D eigenvalue weighted by atomic mass is 9.93. The Morgan fingerprint density at radius 1 is 0.900 bits per heavy atom. The maximum atomic E-state index is 11.2. The van der Waals surface area contributed by atoms with Gasteiger partial charge in [-0.15, -0.1) is 0 Å². The molecule has 4 heteroatoms. The highest BCUT2D eigenvalue weighted by Crippen LogP contribution is 2.27. The molecule has 1 N–H and O–H groups in total. The van der Waals surface area contributed by atoms with Gasteiger partial charge in [0.25, 0.3) is 0 Å². The summed E-state index contributed by atoms with van der Waals surface area (Å²) in [7, 11) is 0. The highest BCUT2D eigenvalue weighted by Gasteiger charge is 2.14. The van der Waals surface area contributed by atoms with Crippen molar-refractivity contribution in [1.29, 1.82) is 0 Å². The maximum absolute atomic E-state index is 11.2. The Bertz CT molecular complexity index is 963. The molecule has 0 aliphatic carbocycles. The van der Waals surface area contributed by atoms with Gasteiger partial charge < -0.3 is 14.6 Å². The van der Waals surface area contributed by atoms with Crippen LogP contribution in [0.4, 0.5) is 0 Å². The van der Waals surface area contributed by atoms with Crippen molar-refractivity contribution in [2.45, 2.75) is 26.7 Å². The van der Waals surface area contributed by atoms with Crippen LogP contribution in [0.3, 0.4) is 0 Å². The second-order valence-corrected chi connectivity index (χ2v) is 7.49. The smallest absolute Gasteiger partial charge is 0.306 e. The van der Waals surface area contributed by atoms with Crippen molar-refractivity contribution >= 4 is 5.97 Å². The lowest BCUT2D eigenvalue weighted by Gasteiger charge is -2.13. The van der Waals surface area contributed by atoms with Gasteiger partial charge in [0.2, 0.25) is 0 Å². The molecular weight excluding hydrogens is 376 g/mol. The van der Waals surface area contributed by atoms with E-state index in [-0.39, 0.29) is 0 Å². The van der Waals surface area contributed by atoms with E-state index in [1.165, 1.54) is 5.56 Å². The van der Waals surface area contributed by atoms with Crippen LogP contribution < -0.4 is 9.47 Å². The predicted molar refractivity (Wildman–Crippen MR) is 119 cm³/mol. The van der Waals surface area contributed by atoms with Crippen LogP contribution in [-0.2, 0) is 11.2 Å². The molecule has 0 bridgehead atoms. The van der Waals surface area contributed by atoms with E-state index in [0.717, 1.165) is 34.6 Å². The summed E-state index contributed by atoms with van der Waals surface area (Å²) in [5.41, 5.74) is 4.33. The van der Waals surface area contributed by atoms with Gasteiger partial charge >= 0.3 is 5.97 Å². The van der Waals surface area contributed by atoms with Crippen LogP contribution in [-0.4, -0.2) is 24.3 Å². The van der Waals surface area contributed by atoms with Gasteiger partial charge in [0, 0.05) is 6.42 Å². The van der Waals surface area contributed by atoms with E-state index in [4.69, 9.17) is 9.47 Å². The van der Waals surface area contributed by atoms with Gasteiger partial charge in [-0.1, -0.05) is 55.5 Å². The Morgan fingerprint density at radius 2 is 1.60 bits per heavy atom. The van der Waals surface area contributed by atoms with Crippen LogP contribution in [0, 0.1) is 12.8 Å². The lowest BCUT2D eigenvalue weighted by molar-refractivity contribution is -0.141. The zero-order valence-corrected chi connectivity index (χ0v) is 17.5. The van der Waals surface area contributed by atoms with Gasteiger partial charge in [-0.2, -0.15) is 0 Å². The Kier molecular flexibility index (Phi) is 7.50. The SMILES string of the molecule is Cc1cccc(OCCCOc2ccc(-c3ccccc3CC(C)C(=O)O)cc2)c1. The molecule has 0 amide bonds. The van der Waals surface area contributed by atoms with Crippen molar-refractivity contribution in [1.82, 2.24) is 0 Å². The van der Waals surface area contributed by atoms with Crippen LogP contribution in [0.5, 0.6) is 11.5 Å². The second-order valence-electron chi connectivity index (χ2n) is 7.49. The molecule has 0 aromatic heterocycles. The van der Waals surface area contributed by atoms with Crippen LogP contribution >= 0.6 is 0 Å². The highest BCUT2D eigenvalue weighted by atomic mass is 16.5. The molecular formula is C26H28O4. The van der Waals surface area contributed by atoms with Gasteiger partial charge in [-0.3, -0.25) is 4.79 Å². The molecule has 4 nitrogen and oxygen atoms in total. The second kappa shape index (κ2) is 10.5. The van der Waals surface area contributed by atoms with Gasteiger partial charge in [0.1, 0.15) is 11.5 Å². The number of aryl methyl sites for hydroxylation is 1. The summed E-state index contributed by atoms with van der Waals surface area (Å²) in [4.78, 5) is 11.2. The third-order valence-corrected chi connectivity index (χ3v) is 4.95. The first-order valence-corrected chi connectivity index (χ1v) is 10.3. The molecule has 0 aliphatic rings. The average molecular weight is 405 g/mol. The van der Waals surface area contributed by atoms with E-state index in [0.29, 0.717) is 19.6 Å². The van der Waals surface area contributed by atoms with E-state index >= 15 is 0 Å². The average Bonchev–Trinajstić information content (AvgIpc) is 2.74. The van der Waals surface area contributed by atoms with Gasteiger partial charge in [-0.05, 0) is 59.9 Å². The lowest BCUT2D eigenvalue weighted by Crippen LogP contribution is -2.12. The van der Waals surface area contributed by atoms with Crippen molar-refractivity contribution in [2.24, 2.45) is 5.92 Å². The summed E-state index contributed by atoms with van der Waals surface area (Å²) in [6.45, 7) is 4.97. The fraction of sp³-hybridized carbons (Fsp3) is 0.269. The molecule has 0 spiro atoms. The van der Waals surface area contributed by atoms with Crippen LogP contribution in [0.1, 0.15) is 24.5 Å². The number of hydrogen-bond donors (Lipinski definition) is 1. The van der Waals surface area contributed by atoms with Gasteiger partial charge in [-0.25, -0.2) is 0 Å². The largest absolute Gasteiger partial charge is 0.493 e. The van der Waals surface area contributed by atoms with Crippen molar-refractivity contribution in [3.63, 3.8) is 0 Å². The Balaban J connectivity index is 1.52. The number of aliphatic carboxylic acids is 1. The van der Waals surface area contributed by atoms with Gasteiger partial charge in [0.05, 0.1) is 19.1 Å². The Labute approximate surface area is 178 Å². The number of rotatable bonds is 10. The zero-order valence-electron chi connectivity index (χ0n) is 17.5. The highest BCUT2D eigenvalue weighted by molar-refractivity contribution is 5.72. The Morgan fingerprint density at radius 3 is 2.30 bits per heavy atom. The summed E-state index contributed by atoms with van der Waals surface area (Å²) in [6.07, 6.45) is 1.30. The minimum Gasteiger partial charge on any atom is -0.493 e. The Hall–Kier alpha value is -3.27. The number of ether oxygens (including phenoxy) is 2. The maximum Gasteiger partial charge on any atom is 0.306 e. The molecule has 3 aromatic rings. The van der Waals surface area contributed by atoms with Crippen LogP contribution in [0.2, 0.25) is 0 Å². The molecule has 3 aromatic carbocycles. The summed E-state index contributed by atoms with van der Waals surface area (Å²) in [5, 5.41) is 9.21. The fourth-order valence-corrected chi connectivity index (χ4v) is 3.27. The van der Waals surface area contributed by atoms with Gasteiger partial charge in [0.15, 0.2) is 0 Å².